The van der Waals surface area contributed by atoms with E-state index in [2.05, 4.69) is 20.5 Å². The number of amides is 1. The van der Waals surface area contributed by atoms with E-state index in [4.69, 9.17) is 0 Å². The summed E-state index contributed by atoms with van der Waals surface area (Å²) in [6.07, 6.45) is 3.03. The van der Waals surface area contributed by atoms with E-state index in [-0.39, 0.29) is 5.95 Å². The first-order valence-corrected chi connectivity index (χ1v) is 9.90. The number of benzene rings is 1. The lowest BCUT2D eigenvalue weighted by Gasteiger charge is -2.26. The van der Waals surface area contributed by atoms with Crippen LogP contribution in [0.5, 0.6) is 0 Å². The number of carbonyl (C=O) groups is 1. The Bertz CT molecular complexity index is 853. The molecule has 1 aliphatic rings. The maximum Gasteiger partial charge on any atom is 0.249 e. The van der Waals surface area contributed by atoms with E-state index >= 15 is 0 Å². The Kier molecular flexibility index (Phi) is 4.64. The normalized spacial score (nSPS) is 16.1. The van der Waals surface area contributed by atoms with Crippen LogP contribution >= 0.6 is 0 Å². The highest BCUT2D eigenvalue weighted by molar-refractivity contribution is 7.94. The van der Waals surface area contributed by atoms with Gasteiger partial charge in [0.05, 0.1) is 5.25 Å². The summed E-state index contributed by atoms with van der Waals surface area (Å²) < 4.78 is 24.1. The smallest absolute Gasteiger partial charge is 0.249 e. The molecule has 1 heterocycles. The van der Waals surface area contributed by atoms with Crippen LogP contribution in [0.2, 0.25) is 0 Å². The van der Waals surface area contributed by atoms with Crippen molar-refractivity contribution in [2.45, 2.75) is 49.5 Å². The van der Waals surface area contributed by atoms with Crippen LogP contribution in [-0.4, -0.2) is 39.5 Å². The first-order chi connectivity index (χ1) is 11.8. The molecule has 0 unspecified atom stereocenters. The van der Waals surface area contributed by atoms with Crippen molar-refractivity contribution in [3.63, 3.8) is 0 Å². The third kappa shape index (κ3) is 3.30. The third-order valence-corrected chi connectivity index (χ3v) is 7.71. The summed E-state index contributed by atoms with van der Waals surface area (Å²) in [5, 5.41) is 8.80. The molecule has 8 heteroatoms. The molecule has 1 saturated carbocycles. The number of nitrogens with zero attached hydrogens (tertiary/aromatic N) is 2. The Labute approximate surface area is 147 Å². The standard InChI is InChI=1S/C17H22N4O3S/c1-17(2,25(23,24)13-10-6-7-11-13)15(22)19-16-18-14(20-21-16)12-8-4-3-5-9-12/h3-5,8-9,13H,6-7,10-11H2,1-2H3,(H2,18,19,20,21,22). The molecule has 2 N–H and O–H groups in total. The van der Waals surface area contributed by atoms with E-state index in [0.717, 1.165) is 18.4 Å². The van der Waals surface area contributed by atoms with Gasteiger partial charge in [-0.15, -0.1) is 5.10 Å². The van der Waals surface area contributed by atoms with Crippen molar-refractivity contribution in [3.05, 3.63) is 30.3 Å². The summed E-state index contributed by atoms with van der Waals surface area (Å²) in [7, 11) is -3.58. The maximum atomic E-state index is 12.8. The molecule has 1 aromatic carbocycles. The van der Waals surface area contributed by atoms with Crippen LogP contribution in [-0.2, 0) is 14.6 Å². The van der Waals surface area contributed by atoms with Gasteiger partial charge in [0.25, 0.3) is 0 Å². The Morgan fingerprint density at radius 2 is 1.84 bits per heavy atom. The van der Waals surface area contributed by atoms with Crippen LogP contribution in [0.1, 0.15) is 39.5 Å². The van der Waals surface area contributed by atoms with Gasteiger partial charge in [-0.2, -0.15) is 4.98 Å². The number of aromatic amines is 1. The summed E-state index contributed by atoms with van der Waals surface area (Å²) in [6.45, 7) is 2.89. The molecule has 0 radical (unpaired) electrons. The summed E-state index contributed by atoms with van der Waals surface area (Å²) in [5.74, 6) is -0.0380. The number of sulfone groups is 1. The van der Waals surface area contributed by atoms with Crippen molar-refractivity contribution in [2.75, 3.05) is 5.32 Å². The molecule has 0 bridgehead atoms. The Morgan fingerprint density at radius 3 is 2.48 bits per heavy atom. The maximum absolute atomic E-state index is 12.8. The zero-order valence-electron chi connectivity index (χ0n) is 14.3. The van der Waals surface area contributed by atoms with E-state index in [9.17, 15) is 13.2 Å². The third-order valence-electron chi connectivity index (χ3n) is 4.76. The largest absolute Gasteiger partial charge is 0.292 e. The predicted molar refractivity (Wildman–Crippen MR) is 95.7 cm³/mol. The molecule has 7 nitrogen and oxygen atoms in total. The highest BCUT2D eigenvalue weighted by atomic mass is 32.2. The summed E-state index contributed by atoms with van der Waals surface area (Å²) in [4.78, 5) is 16.8. The lowest BCUT2D eigenvalue weighted by atomic mass is 10.2. The fourth-order valence-corrected chi connectivity index (χ4v) is 5.14. The zero-order chi connectivity index (χ0) is 18.1. The lowest BCUT2D eigenvalue weighted by molar-refractivity contribution is -0.117. The Morgan fingerprint density at radius 1 is 1.20 bits per heavy atom. The van der Waals surface area contributed by atoms with Gasteiger partial charge in [0, 0.05) is 5.56 Å². The molecular weight excluding hydrogens is 340 g/mol. The summed E-state index contributed by atoms with van der Waals surface area (Å²) in [5.41, 5.74) is 0.827. The average molecular weight is 362 g/mol. The fraction of sp³-hybridized carbons (Fsp3) is 0.471. The van der Waals surface area contributed by atoms with Crippen molar-refractivity contribution in [1.29, 1.82) is 0 Å². The summed E-state index contributed by atoms with van der Waals surface area (Å²) in [6, 6.07) is 9.35. The van der Waals surface area contributed by atoms with Crippen molar-refractivity contribution < 1.29 is 13.2 Å². The van der Waals surface area contributed by atoms with Crippen LogP contribution < -0.4 is 5.32 Å². The lowest BCUT2D eigenvalue weighted by Crippen LogP contribution is -2.48. The molecular formula is C17H22N4O3S. The number of carbonyl (C=O) groups excluding carboxylic acids is 1. The quantitative estimate of drug-likeness (QED) is 0.850. The van der Waals surface area contributed by atoms with Crippen molar-refractivity contribution in [2.24, 2.45) is 0 Å². The Hall–Kier alpha value is -2.22. The minimum absolute atomic E-state index is 0.0681. The zero-order valence-corrected chi connectivity index (χ0v) is 15.1. The molecule has 0 atom stereocenters. The number of hydrogen-bond donors (Lipinski definition) is 2. The highest BCUT2D eigenvalue weighted by Crippen LogP contribution is 2.32. The first-order valence-electron chi connectivity index (χ1n) is 8.35. The number of aromatic nitrogens is 3. The second-order valence-corrected chi connectivity index (χ2v) is 9.57. The predicted octanol–water partition coefficient (Wildman–Crippen LogP) is 2.55. The topological polar surface area (TPSA) is 105 Å². The van der Waals surface area contributed by atoms with Gasteiger partial charge in [0.2, 0.25) is 11.9 Å². The van der Waals surface area contributed by atoms with Crippen molar-refractivity contribution >= 4 is 21.7 Å². The molecule has 1 fully saturated rings. The molecule has 0 spiro atoms. The molecule has 1 aromatic heterocycles. The molecule has 1 aliphatic carbocycles. The van der Waals surface area contributed by atoms with E-state index in [0.29, 0.717) is 18.7 Å². The first kappa shape index (κ1) is 17.6. The monoisotopic (exact) mass is 362 g/mol. The number of anilines is 1. The number of H-pyrrole nitrogens is 1. The summed E-state index contributed by atoms with van der Waals surface area (Å²) >= 11 is 0. The van der Waals surface area contributed by atoms with Crippen LogP contribution in [0.25, 0.3) is 11.4 Å². The van der Waals surface area contributed by atoms with Gasteiger partial charge in [0.1, 0.15) is 4.75 Å². The fourth-order valence-electron chi connectivity index (χ4n) is 3.04. The van der Waals surface area contributed by atoms with E-state index in [1.165, 1.54) is 13.8 Å². The van der Waals surface area contributed by atoms with E-state index < -0.39 is 25.7 Å². The van der Waals surface area contributed by atoms with Crippen LogP contribution in [0.4, 0.5) is 5.95 Å². The number of rotatable bonds is 5. The number of nitrogens with one attached hydrogen (secondary N) is 2. The van der Waals surface area contributed by atoms with E-state index in [1.54, 1.807) is 0 Å². The molecule has 0 saturated heterocycles. The van der Waals surface area contributed by atoms with Gasteiger partial charge >= 0.3 is 0 Å². The minimum atomic E-state index is -3.58. The second kappa shape index (κ2) is 6.59. The van der Waals surface area contributed by atoms with Gasteiger partial charge in [0.15, 0.2) is 15.7 Å². The number of hydrogen-bond acceptors (Lipinski definition) is 5. The molecule has 25 heavy (non-hydrogen) atoms. The van der Waals surface area contributed by atoms with Crippen LogP contribution in [0.15, 0.2) is 30.3 Å². The van der Waals surface area contributed by atoms with Crippen LogP contribution in [0.3, 0.4) is 0 Å². The molecule has 134 valence electrons. The average Bonchev–Trinajstić information content (AvgIpc) is 3.27. The molecule has 0 aliphatic heterocycles. The van der Waals surface area contributed by atoms with Crippen molar-refractivity contribution in [3.8, 4) is 11.4 Å². The van der Waals surface area contributed by atoms with Gasteiger partial charge in [-0.3, -0.25) is 15.2 Å². The molecule has 2 aromatic rings. The van der Waals surface area contributed by atoms with Gasteiger partial charge in [-0.1, -0.05) is 43.2 Å². The Balaban J connectivity index is 1.76. The van der Waals surface area contributed by atoms with Gasteiger partial charge < -0.3 is 0 Å². The minimum Gasteiger partial charge on any atom is -0.292 e. The SMILES string of the molecule is CC(C)(C(=O)Nc1n[nH]c(-c2ccccc2)n1)S(=O)(=O)C1CCCC1. The van der Waals surface area contributed by atoms with Crippen molar-refractivity contribution in [1.82, 2.24) is 15.2 Å². The van der Waals surface area contributed by atoms with E-state index in [1.807, 2.05) is 30.3 Å². The van der Waals surface area contributed by atoms with Gasteiger partial charge in [-0.05, 0) is 26.7 Å². The van der Waals surface area contributed by atoms with Gasteiger partial charge in [-0.25, -0.2) is 8.42 Å². The molecule has 1 amide bonds. The molecule has 3 rings (SSSR count). The van der Waals surface area contributed by atoms with Crippen LogP contribution in [0, 0.1) is 0 Å². The highest BCUT2D eigenvalue weighted by Gasteiger charge is 2.47. The second-order valence-electron chi connectivity index (χ2n) is 6.79.